The van der Waals surface area contributed by atoms with Crippen LogP contribution in [0.25, 0.3) is 0 Å². The Kier molecular flexibility index (Phi) is 6.42. The zero-order chi connectivity index (χ0) is 23.7. The molecule has 0 spiro atoms. The minimum Gasteiger partial charge on any atom is -0.491 e. The maximum atomic E-state index is 13.6. The third kappa shape index (κ3) is 4.73. The van der Waals surface area contributed by atoms with Crippen LogP contribution in [-0.4, -0.2) is 47.4 Å². The second-order valence-electron chi connectivity index (χ2n) is 9.26. The van der Waals surface area contributed by atoms with E-state index >= 15 is 0 Å². The van der Waals surface area contributed by atoms with Gasteiger partial charge in [-0.3, -0.25) is 9.59 Å². The number of hydrogen-bond donors (Lipinski definition) is 0. The molecule has 3 aromatic rings. The molecule has 2 aromatic carbocycles. The first-order valence-corrected chi connectivity index (χ1v) is 12.8. The van der Waals surface area contributed by atoms with Crippen LogP contribution in [0.4, 0.5) is 0 Å². The minimum atomic E-state index is -0.156. The van der Waals surface area contributed by atoms with Crippen molar-refractivity contribution in [2.75, 3.05) is 19.7 Å². The maximum Gasteiger partial charge on any atom is 0.254 e. The van der Waals surface area contributed by atoms with Crippen LogP contribution < -0.4 is 4.74 Å². The van der Waals surface area contributed by atoms with Gasteiger partial charge in [0, 0.05) is 23.0 Å². The first-order chi connectivity index (χ1) is 16.5. The van der Waals surface area contributed by atoms with Crippen molar-refractivity contribution < 1.29 is 14.3 Å². The van der Waals surface area contributed by atoms with Gasteiger partial charge in [0.05, 0.1) is 6.04 Å². The molecule has 0 bridgehead atoms. The fraction of sp³-hybridized carbons (Fsp3) is 0.357. The lowest BCUT2D eigenvalue weighted by atomic mass is 10.00. The summed E-state index contributed by atoms with van der Waals surface area (Å²) in [4.78, 5) is 31.8. The summed E-state index contributed by atoms with van der Waals surface area (Å²) in [6.45, 7) is 5.27. The van der Waals surface area contributed by atoms with Gasteiger partial charge in [0.25, 0.3) is 5.91 Å². The molecular weight excluding hydrogens is 444 g/mol. The van der Waals surface area contributed by atoms with Crippen LogP contribution in [-0.2, 0) is 11.2 Å². The highest BCUT2D eigenvalue weighted by Crippen LogP contribution is 2.35. The lowest BCUT2D eigenvalue weighted by Crippen LogP contribution is -2.48. The number of benzene rings is 2. The van der Waals surface area contributed by atoms with E-state index in [9.17, 15) is 9.59 Å². The summed E-state index contributed by atoms with van der Waals surface area (Å²) in [6, 6.07) is 17.5. The molecule has 1 aromatic heterocycles. The van der Waals surface area contributed by atoms with Crippen molar-refractivity contribution in [2.45, 2.75) is 45.2 Å². The number of amides is 2. The van der Waals surface area contributed by atoms with Gasteiger partial charge in [-0.05, 0) is 73.9 Å². The molecule has 1 saturated carbocycles. The third-order valence-electron chi connectivity index (χ3n) is 6.72. The Balaban J connectivity index is 1.35. The molecule has 1 aliphatic heterocycles. The van der Waals surface area contributed by atoms with Gasteiger partial charge in [0.15, 0.2) is 0 Å². The van der Waals surface area contributed by atoms with Crippen molar-refractivity contribution in [3.05, 3.63) is 87.1 Å². The van der Waals surface area contributed by atoms with E-state index in [0.29, 0.717) is 18.7 Å². The summed E-state index contributed by atoms with van der Waals surface area (Å²) >= 11 is 1.74. The second kappa shape index (κ2) is 9.63. The summed E-state index contributed by atoms with van der Waals surface area (Å²) in [5.74, 6) is 0.772. The van der Waals surface area contributed by atoms with Crippen LogP contribution in [0.2, 0.25) is 0 Å². The number of carbonyl (C=O) groups is 2. The summed E-state index contributed by atoms with van der Waals surface area (Å²) in [6.07, 6.45) is 2.76. The van der Waals surface area contributed by atoms with Crippen molar-refractivity contribution in [2.24, 2.45) is 0 Å². The Bertz CT molecular complexity index is 1190. The van der Waals surface area contributed by atoms with Crippen molar-refractivity contribution in [1.82, 2.24) is 9.80 Å². The fourth-order valence-electron chi connectivity index (χ4n) is 4.74. The van der Waals surface area contributed by atoms with Gasteiger partial charge < -0.3 is 14.5 Å². The van der Waals surface area contributed by atoms with E-state index in [1.165, 1.54) is 16.0 Å². The summed E-state index contributed by atoms with van der Waals surface area (Å²) < 4.78 is 6.25. The predicted octanol–water partition coefficient (Wildman–Crippen LogP) is 5.17. The molecule has 34 heavy (non-hydrogen) atoms. The zero-order valence-electron chi connectivity index (χ0n) is 19.7. The highest BCUT2D eigenvalue weighted by Gasteiger charge is 2.38. The predicted molar refractivity (Wildman–Crippen MR) is 134 cm³/mol. The van der Waals surface area contributed by atoms with Crippen LogP contribution >= 0.6 is 11.3 Å². The normalized spacial score (nSPS) is 17.2. The molecule has 2 heterocycles. The number of carbonyl (C=O) groups excluding carboxylic acids is 2. The first kappa shape index (κ1) is 22.7. The van der Waals surface area contributed by atoms with E-state index in [1.54, 1.807) is 16.2 Å². The van der Waals surface area contributed by atoms with Crippen molar-refractivity contribution in [3.63, 3.8) is 0 Å². The highest BCUT2D eigenvalue weighted by atomic mass is 32.1. The summed E-state index contributed by atoms with van der Waals surface area (Å²) in [5.41, 5.74) is 4.09. The van der Waals surface area contributed by atoms with Gasteiger partial charge in [-0.1, -0.05) is 35.9 Å². The van der Waals surface area contributed by atoms with E-state index in [0.717, 1.165) is 30.6 Å². The van der Waals surface area contributed by atoms with E-state index in [-0.39, 0.29) is 30.4 Å². The molecule has 6 heteroatoms. The minimum absolute atomic E-state index is 0.0118. The number of ether oxygens (including phenoxy) is 1. The molecule has 2 amide bonds. The summed E-state index contributed by atoms with van der Waals surface area (Å²) in [5, 5.41) is 2.10. The molecule has 0 unspecified atom stereocenters. The molecule has 1 atom stereocenters. The number of fused-ring (bicyclic) bond motifs is 1. The molecular formula is C28H30N2O3S. The number of nitrogens with zero attached hydrogens (tertiary/aromatic N) is 2. The first-order valence-electron chi connectivity index (χ1n) is 11.9. The Labute approximate surface area is 205 Å². The average molecular weight is 475 g/mol. The molecule has 5 rings (SSSR count). The topological polar surface area (TPSA) is 49.9 Å². The quantitative estimate of drug-likeness (QED) is 0.474. The maximum absolute atomic E-state index is 13.6. The number of aryl methyl sites for hydroxylation is 2. The smallest absolute Gasteiger partial charge is 0.254 e. The summed E-state index contributed by atoms with van der Waals surface area (Å²) in [7, 11) is 0. The molecule has 2 aliphatic rings. The van der Waals surface area contributed by atoms with Crippen molar-refractivity contribution >= 4 is 23.2 Å². The van der Waals surface area contributed by atoms with E-state index < -0.39 is 0 Å². The number of thiophene rings is 1. The van der Waals surface area contributed by atoms with Gasteiger partial charge in [0.2, 0.25) is 5.91 Å². The van der Waals surface area contributed by atoms with Gasteiger partial charge in [-0.2, -0.15) is 0 Å². The van der Waals surface area contributed by atoms with Crippen LogP contribution in [0.1, 0.15) is 50.8 Å². The highest BCUT2D eigenvalue weighted by molar-refractivity contribution is 7.10. The van der Waals surface area contributed by atoms with Crippen LogP contribution in [0, 0.1) is 13.8 Å². The average Bonchev–Trinajstić information content (AvgIpc) is 3.57. The lowest BCUT2D eigenvalue weighted by Gasteiger charge is -2.37. The van der Waals surface area contributed by atoms with E-state index in [1.807, 2.05) is 54.3 Å². The number of rotatable bonds is 7. The monoisotopic (exact) mass is 474 g/mol. The van der Waals surface area contributed by atoms with E-state index in [2.05, 4.69) is 24.4 Å². The number of hydrogen-bond acceptors (Lipinski definition) is 4. The standard InChI is InChI=1S/C28H30N2O3S/c1-19-8-11-25(20(2)16-19)33-18-24-23-13-15-34-26(23)12-14-29(24)27(31)17-30(22-9-10-22)28(32)21-6-4-3-5-7-21/h3-8,11,13,15-16,22,24H,9-10,12,14,17-18H2,1-2H3/t24-/m1/s1. The van der Waals surface area contributed by atoms with Gasteiger partial charge in [-0.15, -0.1) is 11.3 Å². The molecule has 1 fully saturated rings. The van der Waals surface area contributed by atoms with Crippen LogP contribution in [0.5, 0.6) is 5.75 Å². The molecule has 176 valence electrons. The van der Waals surface area contributed by atoms with Crippen LogP contribution in [0.3, 0.4) is 0 Å². The SMILES string of the molecule is Cc1ccc(OC[C@@H]2c3ccsc3CCN2C(=O)CN(C(=O)c2ccccc2)C2CC2)c(C)c1. The molecule has 0 N–H and O–H groups in total. The second-order valence-corrected chi connectivity index (χ2v) is 10.3. The molecule has 5 nitrogen and oxygen atoms in total. The Morgan fingerprint density at radius 3 is 2.62 bits per heavy atom. The largest absolute Gasteiger partial charge is 0.491 e. The van der Waals surface area contributed by atoms with Gasteiger partial charge >= 0.3 is 0 Å². The Morgan fingerprint density at radius 2 is 1.88 bits per heavy atom. The van der Waals surface area contributed by atoms with Gasteiger partial charge in [0.1, 0.15) is 18.9 Å². The zero-order valence-corrected chi connectivity index (χ0v) is 20.5. The molecule has 1 aliphatic carbocycles. The van der Waals surface area contributed by atoms with Gasteiger partial charge in [-0.25, -0.2) is 0 Å². The van der Waals surface area contributed by atoms with Crippen molar-refractivity contribution in [1.29, 1.82) is 0 Å². The fourth-order valence-corrected chi connectivity index (χ4v) is 5.67. The molecule has 0 saturated heterocycles. The lowest BCUT2D eigenvalue weighted by molar-refractivity contribution is -0.135. The third-order valence-corrected chi connectivity index (χ3v) is 7.71. The molecule has 0 radical (unpaired) electrons. The van der Waals surface area contributed by atoms with Crippen LogP contribution in [0.15, 0.2) is 60.0 Å². The Morgan fingerprint density at radius 1 is 1.09 bits per heavy atom. The van der Waals surface area contributed by atoms with Crippen molar-refractivity contribution in [3.8, 4) is 5.75 Å². The Hall–Kier alpha value is -3.12. The van der Waals surface area contributed by atoms with E-state index in [4.69, 9.17) is 4.74 Å².